The first-order chi connectivity index (χ1) is 11.0. The van der Waals surface area contributed by atoms with Gasteiger partial charge in [0.05, 0.1) is 13.0 Å². The zero-order valence-corrected chi connectivity index (χ0v) is 13.9. The van der Waals surface area contributed by atoms with Crippen molar-refractivity contribution in [3.63, 3.8) is 0 Å². The van der Waals surface area contributed by atoms with E-state index in [4.69, 9.17) is 16.3 Å². The van der Waals surface area contributed by atoms with E-state index >= 15 is 0 Å². The van der Waals surface area contributed by atoms with E-state index in [1.54, 1.807) is 12.1 Å². The third kappa shape index (κ3) is 5.25. The van der Waals surface area contributed by atoms with Crippen LogP contribution in [-0.4, -0.2) is 19.1 Å². The van der Waals surface area contributed by atoms with Crippen LogP contribution in [0.2, 0.25) is 5.02 Å². The fourth-order valence-corrected chi connectivity index (χ4v) is 2.35. The number of benzene rings is 2. The lowest BCUT2D eigenvalue weighted by Gasteiger charge is -2.10. The van der Waals surface area contributed by atoms with Crippen molar-refractivity contribution in [1.29, 1.82) is 0 Å². The summed E-state index contributed by atoms with van der Waals surface area (Å²) in [5.41, 5.74) is 2.56. The molecule has 0 aliphatic rings. The molecule has 122 valence electrons. The number of ether oxygens (including phenoxy) is 1. The molecule has 0 saturated carbocycles. The number of hydrogen-bond acceptors (Lipinski definition) is 2. The van der Waals surface area contributed by atoms with Crippen molar-refractivity contribution >= 4 is 17.5 Å². The van der Waals surface area contributed by atoms with Crippen LogP contribution in [0.5, 0.6) is 5.75 Å². The van der Waals surface area contributed by atoms with Crippen molar-refractivity contribution in [2.45, 2.75) is 20.3 Å². The van der Waals surface area contributed by atoms with Crippen molar-refractivity contribution in [3.05, 3.63) is 63.9 Å². The van der Waals surface area contributed by atoms with Gasteiger partial charge in [-0.2, -0.15) is 0 Å². The van der Waals surface area contributed by atoms with Gasteiger partial charge in [0, 0.05) is 5.02 Å². The van der Waals surface area contributed by atoms with Crippen LogP contribution in [0.4, 0.5) is 4.39 Å². The number of carbonyl (C=O) groups is 1. The molecule has 0 radical (unpaired) electrons. The molecule has 0 bridgehead atoms. The molecule has 0 heterocycles. The molecule has 5 heteroatoms. The quantitative estimate of drug-likeness (QED) is 0.815. The third-order valence-electron chi connectivity index (χ3n) is 3.36. The average Bonchev–Trinajstić information content (AvgIpc) is 2.49. The van der Waals surface area contributed by atoms with Crippen LogP contribution in [-0.2, 0) is 11.2 Å². The largest absolute Gasteiger partial charge is 0.492 e. The Morgan fingerprint density at radius 2 is 1.91 bits per heavy atom. The lowest BCUT2D eigenvalue weighted by Crippen LogP contribution is -2.29. The summed E-state index contributed by atoms with van der Waals surface area (Å²) in [5.74, 6) is 0.221. The normalized spacial score (nSPS) is 10.4. The Balaban J connectivity index is 1.76. The molecular weight excluding hydrogens is 317 g/mol. The Morgan fingerprint density at radius 3 is 2.57 bits per heavy atom. The van der Waals surface area contributed by atoms with E-state index in [1.807, 2.05) is 26.0 Å². The summed E-state index contributed by atoms with van der Waals surface area (Å²) in [4.78, 5) is 11.8. The Morgan fingerprint density at radius 1 is 1.22 bits per heavy atom. The first-order valence-electron chi connectivity index (χ1n) is 7.36. The van der Waals surface area contributed by atoms with Gasteiger partial charge in [0.25, 0.3) is 0 Å². The number of hydrogen-bond donors (Lipinski definition) is 1. The topological polar surface area (TPSA) is 38.3 Å². The van der Waals surface area contributed by atoms with Gasteiger partial charge in [-0.25, -0.2) is 4.39 Å². The molecule has 0 unspecified atom stereocenters. The van der Waals surface area contributed by atoms with Gasteiger partial charge in [-0.15, -0.1) is 0 Å². The minimum Gasteiger partial charge on any atom is -0.492 e. The first-order valence-corrected chi connectivity index (χ1v) is 7.74. The number of nitrogens with one attached hydrogen (secondary N) is 1. The molecule has 1 amide bonds. The van der Waals surface area contributed by atoms with Crippen molar-refractivity contribution in [3.8, 4) is 5.75 Å². The Bertz CT molecular complexity index is 680. The van der Waals surface area contributed by atoms with Crippen LogP contribution < -0.4 is 10.1 Å². The minimum absolute atomic E-state index is 0.150. The second-order valence-electron chi connectivity index (χ2n) is 5.38. The summed E-state index contributed by atoms with van der Waals surface area (Å²) in [6, 6.07) is 9.75. The molecule has 0 saturated heterocycles. The maximum atomic E-state index is 13.0. The molecule has 0 atom stereocenters. The maximum absolute atomic E-state index is 13.0. The summed E-state index contributed by atoms with van der Waals surface area (Å²) in [6.07, 6.45) is 0.150. The van der Waals surface area contributed by atoms with Gasteiger partial charge in [0.1, 0.15) is 18.2 Å². The van der Waals surface area contributed by atoms with Crippen LogP contribution >= 0.6 is 11.6 Å². The van der Waals surface area contributed by atoms with E-state index in [9.17, 15) is 9.18 Å². The molecule has 2 aromatic rings. The van der Waals surface area contributed by atoms with Gasteiger partial charge < -0.3 is 10.1 Å². The van der Waals surface area contributed by atoms with Crippen LogP contribution in [0.25, 0.3) is 0 Å². The SMILES string of the molecule is Cc1cc(OCCNC(=O)Cc2cccc(F)c2)cc(C)c1Cl. The van der Waals surface area contributed by atoms with Gasteiger partial charge >= 0.3 is 0 Å². The van der Waals surface area contributed by atoms with Gasteiger partial charge in [0.15, 0.2) is 0 Å². The molecule has 2 rings (SSSR count). The zero-order valence-electron chi connectivity index (χ0n) is 13.2. The van der Waals surface area contributed by atoms with Gasteiger partial charge in [-0.05, 0) is 54.8 Å². The van der Waals surface area contributed by atoms with Gasteiger partial charge in [-0.3, -0.25) is 4.79 Å². The molecule has 0 spiro atoms. The van der Waals surface area contributed by atoms with Crippen LogP contribution in [0.15, 0.2) is 36.4 Å². The molecule has 0 aliphatic carbocycles. The predicted octanol–water partition coefficient (Wildman–Crippen LogP) is 3.83. The van der Waals surface area contributed by atoms with Crippen LogP contribution in [0.1, 0.15) is 16.7 Å². The number of carbonyl (C=O) groups excluding carboxylic acids is 1. The Labute approximate surface area is 140 Å². The smallest absolute Gasteiger partial charge is 0.224 e. The minimum atomic E-state index is -0.341. The Hall–Kier alpha value is -2.07. The highest BCUT2D eigenvalue weighted by atomic mass is 35.5. The van der Waals surface area contributed by atoms with E-state index in [1.165, 1.54) is 12.1 Å². The van der Waals surface area contributed by atoms with E-state index < -0.39 is 0 Å². The molecular formula is C18H19ClFNO2. The highest BCUT2D eigenvalue weighted by Crippen LogP contribution is 2.25. The van der Waals surface area contributed by atoms with Gasteiger partial charge in [0.2, 0.25) is 5.91 Å². The molecule has 1 N–H and O–H groups in total. The predicted molar refractivity (Wildman–Crippen MR) is 89.5 cm³/mol. The highest BCUT2D eigenvalue weighted by Gasteiger charge is 2.05. The van der Waals surface area contributed by atoms with Crippen molar-refractivity contribution < 1.29 is 13.9 Å². The van der Waals surface area contributed by atoms with Crippen molar-refractivity contribution in [2.24, 2.45) is 0 Å². The molecule has 2 aromatic carbocycles. The third-order valence-corrected chi connectivity index (χ3v) is 3.95. The van der Waals surface area contributed by atoms with E-state index in [0.717, 1.165) is 21.9 Å². The fraction of sp³-hybridized carbons (Fsp3) is 0.278. The summed E-state index contributed by atoms with van der Waals surface area (Å²) < 4.78 is 18.7. The molecule has 3 nitrogen and oxygen atoms in total. The first kappa shape index (κ1) is 17.3. The molecule has 0 aliphatic heterocycles. The summed E-state index contributed by atoms with van der Waals surface area (Å²) >= 11 is 6.10. The van der Waals surface area contributed by atoms with E-state index in [2.05, 4.69) is 5.32 Å². The summed E-state index contributed by atoms with van der Waals surface area (Å²) in [7, 11) is 0. The number of halogens is 2. The number of rotatable bonds is 6. The van der Waals surface area contributed by atoms with Crippen molar-refractivity contribution in [2.75, 3.05) is 13.2 Å². The van der Waals surface area contributed by atoms with E-state index in [0.29, 0.717) is 18.7 Å². The van der Waals surface area contributed by atoms with Crippen LogP contribution in [0, 0.1) is 19.7 Å². The maximum Gasteiger partial charge on any atom is 0.224 e. The van der Waals surface area contributed by atoms with Crippen molar-refractivity contribution in [1.82, 2.24) is 5.32 Å². The highest BCUT2D eigenvalue weighted by molar-refractivity contribution is 6.32. The standard InChI is InChI=1S/C18H19ClFNO2/c1-12-8-16(9-13(2)18(12)19)23-7-6-21-17(22)11-14-4-3-5-15(20)10-14/h3-5,8-10H,6-7,11H2,1-2H3,(H,21,22). The van der Waals surface area contributed by atoms with Crippen LogP contribution in [0.3, 0.4) is 0 Å². The number of aryl methyl sites for hydroxylation is 2. The number of amides is 1. The summed E-state index contributed by atoms with van der Waals surface area (Å²) in [6.45, 7) is 4.58. The molecule has 0 aromatic heterocycles. The second-order valence-corrected chi connectivity index (χ2v) is 5.75. The average molecular weight is 336 g/mol. The molecule has 0 fully saturated rings. The fourth-order valence-electron chi connectivity index (χ4n) is 2.24. The monoisotopic (exact) mass is 335 g/mol. The zero-order chi connectivity index (χ0) is 16.8. The molecule has 23 heavy (non-hydrogen) atoms. The summed E-state index contributed by atoms with van der Waals surface area (Å²) in [5, 5.41) is 3.49. The second kappa shape index (κ2) is 7.97. The van der Waals surface area contributed by atoms with E-state index in [-0.39, 0.29) is 18.1 Å². The Kier molecular flexibility index (Phi) is 5.99. The van der Waals surface area contributed by atoms with Gasteiger partial charge in [-0.1, -0.05) is 23.7 Å². The lowest BCUT2D eigenvalue weighted by atomic mass is 10.1. The lowest BCUT2D eigenvalue weighted by molar-refractivity contribution is -0.120.